The first-order valence-electron chi connectivity index (χ1n) is 7.83. The van der Waals surface area contributed by atoms with Gasteiger partial charge < -0.3 is 14.8 Å². The molecule has 0 saturated carbocycles. The standard InChI is InChI=1S/C17H28N2O2/c1-13(19-10-6-5-7-14(19)12-18-2)16-9-8-15(20-3)11-17(16)21-4/h8-9,11,13-14,18H,5-7,10,12H2,1-4H3. The van der Waals surface area contributed by atoms with Crippen LogP contribution in [0.15, 0.2) is 18.2 Å². The minimum Gasteiger partial charge on any atom is -0.497 e. The molecule has 1 aromatic carbocycles. The van der Waals surface area contributed by atoms with Crippen LogP contribution in [0.25, 0.3) is 0 Å². The third kappa shape index (κ3) is 3.69. The number of likely N-dealkylation sites (N-methyl/N-ethyl adjacent to an activating group) is 1. The van der Waals surface area contributed by atoms with Gasteiger partial charge in [-0.2, -0.15) is 0 Å². The third-order valence-corrected chi connectivity index (χ3v) is 4.50. The first-order valence-corrected chi connectivity index (χ1v) is 7.83. The van der Waals surface area contributed by atoms with Crippen LogP contribution in [-0.2, 0) is 0 Å². The number of ether oxygens (including phenoxy) is 2. The van der Waals surface area contributed by atoms with Gasteiger partial charge in [0.1, 0.15) is 11.5 Å². The highest BCUT2D eigenvalue weighted by atomic mass is 16.5. The average Bonchev–Trinajstić information content (AvgIpc) is 2.54. The van der Waals surface area contributed by atoms with Crippen LogP contribution in [0.2, 0.25) is 0 Å². The zero-order chi connectivity index (χ0) is 15.2. The van der Waals surface area contributed by atoms with Crippen molar-refractivity contribution in [1.82, 2.24) is 10.2 Å². The van der Waals surface area contributed by atoms with Gasteiger partial charge in [-0.15, -0.1) is 0 Å². The molecule has 2 rings (SSSR count). The predicted molar refractivity (Wildman–Crippen MR) is 86.2 cm³/mol. The lowest BCUT2D eigenvalue weighted by Crippen LogP contribution is -2.46. The molecule has 0 aromatic heterocycles. The first kappa shape index (κ1) is 16.1. The second-order valence-electron chi connectivity index (χ2n) is 5.73. The summed E-state index contributed by atoms with van der Waals surface area (Å²) >= 11 is 0. The van der Waals surface area contributed by atoms with Gasteiger partial charge in [-0.1, -0.05) is 12.5 Å². The summed E-state index contributed by atoms with van der Waals surface area (Å²) < 4.78 is 10.9. The van der Waals surface area contributed by atoms with Crippen LogP contribution in [0.3, 0.4) is 0 Å². The molecule has 1 heterocycles. The lowest BCUT2D eigenvalue weighted by Gasteiger charge is -2.40. The maximum Gasteiger partial charge on any atom is 0.127 e. The summed E-state index contributed by atoms with van der Waals surface area (Å²) in [6.07, 6.45) is 3.88. The molecule has 0 bridgehead atoms. The Morgan fingerprint density at radius 1 is 1.29 bits per heavy atom. The number of nitrogens with zero attached hydrogens (tertiary/aromatic N) is 1. The molecule has 0 radical (unpaired) electrons. The zero-order valence-electron chi connectivity index (χ0n) is 13.7. The van der Waals surface area contributed by atoms with E-state index in [-0.39, 0.29) is 0 Å². The summed E-state index contributed by atoms with van der Waals surface area (Å²) in [5.41, 5.74) is 1.24. The minimum atomic E-state index is 0.351. The summed E-state index contributed by atoms with van der Waals surface area (Å²) in [7, 11) is 5.45. The van der Waals surface area contributed by atoms with Crippen molar-refractivity contribution in [1.29, 1.82) is 0 Å². The molecule has 118 valence electrons. The second-order valence-corrected chi connectivity index (χ2v) is 5.73. The quantitative estimate of drug-likeness (QED) is 0.874. The smallest absolute Gasteiger partial charge is 0.127 e. The van der Waals surface area contributed by atoms with Crippen molar-refractivity contribution in [3.8, 4) is 11.5 Å². The van der Waals surface area contributed by atoms with Crippen LogP contribution in [0, 0.1) is 0 Å². The Balaban J connectivity index is 2.22. The molecule has 1 aliphatic heterocycles. The Morgan fingerprint density at radius 3 is 2.76 bits per heavy atom. The minimum absolute atomic E-state index is 0.351. The number of hydrogen-bond acceptors (Lipinski definition) is 4. The fourth-order valence-electron chi connectivity index (χ4n) is 3.33. The Bertz CT molecular complexity index is 448. The Morgan fingerprint density at radius 2 is 2.10 bits per heavy atom. The first-order chi connectivity index (χ1) is 10.2. The molecule has 4 heteroatoms. The normalized spacial score (nSPS) is 21.0. The molecule has 1 saturated heterocycles. The molecular weight excluding hydrogens is 264 g/mol. The number of nitrogens with one attached hydrogen (secondary N) is 1. The lowest BCUT2D eigenvalue weighted by atomic mass is 9.96. The van der Waals surface area contributed by atoms with E-state index in [4.69, 9.17) is 9.47 Å². The van der Waals surface area contributed by atoms with Crippen molar-refractivity contribution >= 4 is 0 Å². The monoisotopic (exact) mass is 292 g/mol. The second kappa shape index (κ2) is 7.66. The van der Waals surface area contributed by atoms with Gasteiger partial charge in [-0.25, -0.2) is 0 Å². The summed E-state index contributed by atoms with van der Waals surface area (Å²) in [5, 5.41) is 3.33. The van der Waals surface area contributed by atoms with Crippen LogP contribution in [0.1, 0.15) is 37.8 Å². The van der Waals surface area contributed by atoms with E-state index in [1.165, 1.54) is 24.8 Å². The van der Waals surface area contributed by atoms with Crippen molar-refractivity contribution in [3.05, 3.63) is 23.8 Å². The fourth-order valence-corrected chi connectivity index (χ4v) is 3.33. The molecule has 0 amide bonds. The average molecular weight is 292 g/mol. The van der Waals surface area contributed by atoms with Crippen molar-refractivity contribution in [2.24, 2.45) is 0 Å². The third-order valence-electron chi connectivity index (χ3n) is 4.50. The van der Waals surface area contributed by atoms with Gasteiger partial charge in [0, 0.05) is 30.3 Å². The number of rotatable bonds is 6. The molecule has 1 aliphatic rings. The largest absolute Gasteiger partial charge is 0.497 e. The predicted octanol–water partition coefficient (Wildman–Crippen LogP) is 2.84. The van der Waals surface area contributed by atoms with E-state index in [1.807, 2.05) is 19.2 Å². The molecule has 21 heavy (non-hydrogen) atoms. The van der Waals surface area contributed by atoms with E-state index >= 15 is 0 Å². The SMILES string of the molecule is CNCC1CCCCN1C(C)c1ccc(OC)cc1OC. The molecule has 2 atom stereocenters. The van der Waals surface area contributed by atoms with Crippen LogP contribution in [-0.4, -0.2) is 45.3 Å². The molecule has 4 nitrogen and oxygen atoms in total. The molecule has 1 fully saturated rings. The number of hydrogen-bond donors (Lipinski definition) is 1. The topological polar surface area (TPSA) is 33.7 Å². The lowest BCUT2D eigenvalue weighted by molar-refractivity contribution is 0.102. The molecule has 2 unspecified atom stereocenters. The van der Waals surface area contributed by atoms with Gasteiger partial charge in [0.15, 0.2) is 0 Å². The van der Waals surface area contributed by atoms with Gasteiger partial charge >= 0.3 is 0 Å². The number of piperidine rings is 1. The number of likely N-dealkylation sites (tertiary alicyclic amines) is 1. The molecule has 1 N–H and O–H groups in total. The summed E-state index contributed by atoms with van der Waals surface area (Å²) in [4.78, 5) is 2.60. The molecular formula is C17H28N2O2. The zero-order valence-corrected chi connectivity index (χ0v) is 13.7. The molecule has 1 aromatic rings. The van der Waals surface area contributed by atoms with E-state index in [0.29, 0.717) is 12.1 Å². The highest BCUT2D eigenvalue weighted by Gasteiger charge is 2.28. The van der Waals surface area contributed by atoms with Gasteiger partial charge in [0.25, 0.3) is 0 Å². The van der Waals surface area contributed by atoms with Crippen molar-refractivity contribution < 1.29 is 9.47 Å². The van der Waals surface area contributed by atoms with Crippen molar-refractivity contribution in [2.45, 2.75) is 38.3 Å². The summed E-state index contributed by atoms with van der Waals surface area (Å²) in [6.45, 7) is 4.48. The summed E-state index contributed by atoms with van der Waals surface area (Å²) in [6, 6.07) is 7.08. The van der Waals surface area contributed by atoms with E-state index in [2.05, 4.69) is 23.2 Å². The maximum absolute atomic E-state index is 5.57. The fraction of sp³-hybridized carbons (Fsp3) is 0.647. The maximum atomic E-state index is 5.57. The highest BCUT2D eigenvalue weighted by Crippen LogP contribution is 2.35. The van der Waals surface area contributed by atoms with Crippen LogP contribution in [0.4, 0.5) is 0 Å². The van der Waals surface area contributed by atoms with E-state index in [9.17, 15) is 0 Å². The number of methoxy groups -OCH3 is 2. The summed E-state index contributed by atoms with van der Waals surface area (Å²) in [5.74, 6) is 1.75. The van der Waals surface area contributed by atoms with E-state index in [0.717, 1.165) is 24.6 Å². The van der Waals surface area contributed by atoms with E-state index < -0.39 is 0 Å². The van der Waals surface area contributed by atoms with E-state index in [1.54, 1.807) is 14.2 Å². The Kier molecular flexibility index (Phi) is 5.88. The van der Waals surface area contributed by atoms with Gasteiger partial charge in [-0.05, 0) is 39.4 Å². The van der Waals surface area contributed by atoms with Gasteiger partial charge in [0.2, 0.25) is 0 Å². The van der Waals surface area contributed by atoms with Gasteiger partial charge in [-0.3, -0.25) is 4.90 Å². The Hall–Kier alpha value is -1.26. The van der Waals surface area contributed by atoms with Crippen molar-refractivity contribution in [2.75, 3.05) is 34.4 Å². The molecule has 0 spiro atoms. The Labute approximate surface area is 128 Å². The molecule has 0 aliphatic carbocycles. The van der Waals surface area contributed by atoms with Crippen molar-refractivity contribution in [3.63, 3.8) is 0 Å². The van der Waals surface area contributed by atoms with Crippen LogP contribution < -0.4 is 14.8 Å². The van der Waals surface area contributed by atoms with Crippen LogP contribution >= 0.6 is 0 Å². The van der Waals surface area contributed by atoms with Crippen LogP contribution in [0.5, 0.6) is 11.5 Å². The number of benzene rings is 1. The van der Waals surface area contributed by atoms with Gasteiger partial charge in [0.05, 0.1) is 14.2 Å². The highest BCUT2D eigenvalue weighted by molar-refractivity contribution is 5.42.